The average molecular weight is 352 g/mol. The minimum atomic E-state index is -0.327. The van der Waals surface area contributed by atoms with Gasteiger partial charge in [0.2, 0.25) is 0 Å². The summed E-state index contributed by atoms with van der Waals surface area (Å²) in [7, 11) is 0. The zero-order chi connectivity index (χ0) is 16.8. The Kier molecular flexibility index (Phi) is 6.78. The van der Waals surface area contributed by atoms with E-state index in [1.807, 2.05) is 0 Å². The second kappa shape index (κ2) is 8.60. The molecule has 0 bridgehead atoms. The van der Waals surface area contributed by atoms with Crippen molar-refractivity contribution in [3.8, 4) is 0 Å². The Morgan fingerprint density at radius 1 is 1.35 bits per heavy atom. The van der Waals surface area contributed by atoms with Crippen molar-refractivity contribution in [2.24, 2.45) is 5.92 Å². The van der Waals surface area contributed by atoms with E-state index in [0.717, 1.165) is 19.3 Å². The molecule has 0 saturated carbocycles. The maximum atomic E-state index is 13.8. The van der Waals surface area contributed by atoms with Gasteiger partial charge in [-0.1, -0.05) is 75.3 Å². The van der Waals surface area contributed by atoms with Gasteiger partial charge in [0, 0.05) is 12.1 Å². The van der Waals surface area contributed by atoms with Gasteiger partial charge in [-0.25, -0.2) is 4.39 Å². The number of benzene rings is 1. The lowest BCUT2D eigenvalue weighted by Crippen LogP contribution is -2.33. The van der Waals surface area contributed by atoms with Gasteiger partial charge in [0.25, 0.3) is 5.91 Å². The van der Waals surface area contributed by atoms with Gasteiger partial charge < -0.3 is 0 Å². The van der Waals surface area contributed by atoms with Gasteiger partial charge in [-0.3, -0.25) is 9.69 Å². The van der Waals surface area contributed by atoms with Crippen LogP contribution in [-0.4, -0.2) is 21.7 Å². The zero-order valence-corrected chi connectivity index (χ0v) is 15.2. The molecule has 1 aromatic carbocycles. The Labute approximate surface area is 147 Å². The van der Waals surface area contributed by atoms with Crippen molar-refractivity contribution in [2.45, 2.75) is 39.5 Å². The lowest BCUT2D eigenvalue weighted by molar-refractivity contribution is -0.122. The summed E-state index contributed by atoms with van der Waals surface area (Å²) in [6.45, 7) is 4.98. The molecule has 23 heavy (non-hydrogen) atoms. The molecule has 1 unspecified atom stereocenters. The number of halogens is 1. The first kappa shape index (κ1) is 18.1. The van der Waals surface area contributed by atoms with Gasteiger partial charge in [0.05, 0.1) is 4.91 Å². The number of nitrogens with zero attached hydrogens (tertiary/aromatic N) is 1. The molecule has 0 spiro atoms. The highest BCUT2D eigenvalue weighted by atomic mass is 32.2. The SMILES string of the molecule is CCCCC(CC)CN1C(=O)/C(=C\c2ccccc2F)SC1=S. The van der Waals surface area contributed by atoms with E-state index in [0.29, 0.717) is 27.3 Å². The summed E-state index contributed by atoms with van der Waals surface area (Å²) in [5.41, 5.74) is 0.422. The molecule has 2 rings (SSSR count). The van der Waals surface area contributed by atoms with Crippen LogP contribution in [0, 0.1) is 11.7 Å². The lowest BCUT2D eigenvalue weighted by Gasteiger charge is -2.21. The normalized spacial score (nSPS) is 18.0. The van der Waals surface area contributed by atoms with Crippen LogP contribution < -0.4 is 0 Å². The molecular weight excluding hydrogens is 329 g/mol. The molecule has 5 heteroatoms. The summed E-state index contributed by atoms with van der Waals surface area (Å²) in [5, 5.41) is 0. The predicted molar refractivity (Wildman–Crippen MR) is 99.6 cm³/mol. The van der Waals surface area contributed by atoms with Gasteiger partial charge in [-0.2, -0.15) is 0 Å². The fourth-order valence-corrected chi connectivity index (χ4v) is 3.83. The molecule has 1 atom stereocenters. The van der Waals surface area contributed by atoms with Gasteiger partial charge in [0.15, 0.2) is 0 Å². The number of carbonyl (C=O) groups is 1. The molecule has 1 amide bonds. The number of carbonyl (C=O) groups excluding carboxylic acids is 1. The van der Waals surface area contributed by atoms with Crippen molar-refractivity contribution in [2.75, 3.05) is 6.54 Å². The fourth-order valence-electron chi connectivity index (χ4n) is 2.57. The van der Waals surface area contributed by atoms with Gasteiger partial charge in [0.1, 0.15) is 10.1 Å². The number of thiocarbonyl (C=S) groups is 1. The lowest BCUT2D eigenvalue weighted by atomic mass is 9.99. The standard InChI is InChI=1S/C18H22FNOS2/c1-3-5-8-13(4-2)12-20-17(21)16(23-18(20)22)11-14-9-6-7-10-15(14)19/h6-7,9-11,13H,3-5,8,12H2,1-2H3/b16-11+. The number of hydrogen-bond acceptors (Lipinski definition) is 3. The number of unbranched alkanes of at least 4 members (excludes halogenated alkanes) is 1. The van der Waals surface area contributed by atoms with E-state index in [1.54, 1.807) is 29.2 Å². The van der Waals surface area contributed by atoms with E-state index in [9.17, 15) is 9.18 Å². The van der Waals surface area contributed by atoms with Gasteiger partial charge >= 0.3 is 0 Å². The van der Waals surface area contributed by atoms with Gasteiger partial charge in [-0.05, 0) is 24.5 Å². The molecule has 1 aliphatic rings. The number of thioether (sulfide) groups is 1. The molecule has 1 saturated heterocycles. The summed E-state index contributed by atoms with van der Waals surface area (Å²) in [5.74, 6) is 0.0376. The maximum Gasteiger partial charge on any atom is 0.266 e. The predicted octanol–water partition coefficient (Wildman–Crippen LogP) is 5.24. The second-order valence-electron chi connectivity index (χ2n) is 5.73. The van der Waals surface area contributed by atoms with Crippen LogP contribution in [0.25, 0.3) is 6.08 Å². The van der Waals surface area contributed by atoms with Crippen molar-refractivity contribution >= 4 is 40.3 Å². The molecule has 2 nitrogen and oxygen atoms in total. The van der Waals surface area contributed by atoms with E-state index in [1.165, 1.54) is 24.2 Å². The van der Waals surface area contributed by atoms with Crippen LogP contribution in [-0.2, 0) is 4.79 Å². The first-order valence-electron chi connectivity index (χ1n) is 8.06. The Hall–Kier alpha value is -1.20. The molecule has 1 fully saturated rings. The van der Waals surface area contributed by atoms with Crippen LogP contribution in [0.15, 0.2) is 29.2 Å². The third-order valence-corrected chi connectivity index (χ3v) is 5.43. The van der Waals surface area contributed by atoms with Crippen molar-refractivity contribution < 1.29 is 9.18 Å². The van der Waals surface area contributed by atoms with Crippen LogP contribution in [0.5, 0.6) is 0 Å². The molecule has 0 N–H and O–H groups in total. The van der Waals surface area contributed by atoms with E-state index in [-0.39, 0.29) is 11.7 Å². The summed E-state index contributed by atoms with van der Waals surface area (Å²) >= 11 is 6.62. The summed E-state index contributed by atoms with van der Waals surface area (Å²) in [6, 6.07) is 6.45. The molecule has 1 heterocycles. The monoisotopic (exact) mass is 351 g/mol. The number of rotatable bonds is 7. The molecule has 124 valence electrons. The second-order valence-corrected chi connectivity index (χ2v) is 7.41. The fraction of sp³-hybridized carbons (Fsp3) is 0.444. The van der Waals surface area contributed by atoms with E-state index in [4.69, 9.17) is 12.2 Å². The highest BCUT2D eigenvalue weighted by Crippen LogP contribution is 2.34. The highest BCUT2D eigenvalue weighted by molar-refractivity contribution is 8.26. The number of hydrogen-bond donors (Lipinski definition) is 0. The minimum absolute atomic E-state index is 0.0989. The Morgan fingerprint density at radius 3 is 2.74 bits per heavy atom. The third-order valence-electron chi connectivity index (χ3n) is 4.05. The number of amides is 1. The van der Waals surface area contributed by atoms with Crippen LogP contribution >= 0.6 is 24.0 Å². The first-order chi connectivity index (χ1) is 11.1. The van der Waals surface area contributed by atoms with E-state index < -0.39 is 0 Å². The van der Waals surface area contributed by atoms with Crippen molar-refractivity contribution in [3.05, 3.63) is 40.6 Å². The molecule has 0 radical (unpaired) electrons. The average Bonchev–Trinajstić information content (AvgIpc) is 2.80. The Bertz CT molecular complexity index is 615. The summed E-state index contributed by atoms with van der Waals surface area (Å²) < 4.78 is 14.3. The molecule has 1 aliphatic heterocycles. The first-order valence-corrected chi connectivity index (χ1v) is 9.29. The Balaban J connectivity index is 2.12. The van der Waals surface area contributed by atoms with Gasteiger partial charge in [-0.15, -0.1) is 0 Å². The summed E-state index contributed by atoms with van der Waals surface area (Å²) in [6.07, 6.45) is 6.06. The summed E-state index contributed by atoms with van der Waals surface area (Å²) in [4.78, 5) is 14.8. The van der Waals surface area contributed by atoms with E-state index >= 15 is 0 Å². The topological polar surface area (TPSA) is 20.3 Å². The highest BCUT2D eigenvalue weighted by Gasteiger charge is 2.33. The van der Waals surface area contributed by atoms with E-state index in [2.05, 4.69) is 13.8 Å². The van der Waals surface area contributed by atoms with Crippen LogP contribution in [0.1, 0.15) is 45.1 Å². The largest absolute Gasteiger partial charge is 0.293 e. The van der Waals surface area contributed by atoms with Crippen molar-refractivity contribution in [1.29, 1.82) is 0 Å². The molecule has 0 aromatic heterocycles. The molecule has 1 aromatic rings. The van der Waals surface area contributed by atoms with Crippen molar-refractivity contribution in [1.82, 2.24) is 4.90 Å². The van der Waals surface area contributed by atoms with Crippen molar-refractivity contribution in [3.63, 3.8) is 0 Å². The maximum absolute atomic E-state index is 13.8. The minimum Gasteiger partial charge on any atom is -0.293 e. The Morgan fingerprint density at radius 2 is 2.09 bits per heavy atom. The van der Waals surface area contributed by atoms with Crippen LogP contribution in [0.2, 0.25) is 0 Å². The van der Waals surface area contributed by atoms with Crippen LogP contribution in [0.4, 0.5) is 4.39 Å². The smallest absolute Gasteiger partial charge is 0.266 e. The molecular formula is C18H22FNOS2. The zero-order valence-electron chi connectivity index (χ0n) is 13.5. The molecule has 0 aliphatic carbocycles. The third kappa shape index (κ3) is 4.64. The quantitative estimate of drug-likeness (QED) is 0.495. The van der Waals surface area contributed by atoms with Crippen LogP contribution in [0.3, 0.4) is 0 Å².